The van der Waals surface area contributed by atoms with Crippen LogP contribution in [0.4, 0.5) is 0 Å². The zero-order valence-electron chi connectivity index (χ0n) is 11.1. The fourth-order valence-electron chi connectivity index (χ4n) is 3.39. The molecule has 17 heavy (non-hydrogen) atoms. The normalized spacial score (nSPS) is 36.5. The molecule has 2 aliphatic rings. The molecule has 2 bridgehead atoms. The summed E-state index contributed by atoms with van der Waals surface area (Å²) in [5.74, 6) is 2.06. The minimum Gasteiger partial charge on any atom is -0.465 e. The predicted molar refractivity (Wildman–Crippen MR) is 68.7 cm³/mol. The van der Waals surface area contributed by atoms with Gasteiger partial charge in [0.05, 0.1) is 6.61 Å². The van der Waals surface area contributed by atoms with E-state index in [0.717, 1.165) is 5.92 Å². The second kappa shape index (κ2) is 6.42. The molecular formula is C15H26O2. The maximum absolute atomic E-state index is 11.7. The van der Waals surface area contributed by atoms with Gasteiger partial charge in [0, 0.05) is 6.42 Å². The Labute approximate surface area is 105 Å². The molecule has 98 valence electrons. The summed E-state index contributed by atoms with van der Waals surface area (Å²) in [6.45, 7) is 2.83. The van der Waals surface area contributed by atoms with E-state index in [4.69, 9.17) is 4.74 Å². The Morgan fingerprint density at radius 3 is 2.53 bits per heavy atom. The van der Waals surface area contributed by atoms with E-state index in [-0.39, 0.29) is 5.97 Å². The van der Waals surface area contributed by atoms with E-state index in [1.54, 1.807) is 0 Å². The summed E-state index contributed by atoms with van der Waals surface area (Å²) in [7, 11) is 0. The van der Waals surface area contributed by atoms with E-state index in [2.05, 4.69) is 6.92 Å². The van der Waals surface area contributed by atoms with Gasteiger partial charge in [-0.05, 0) is 37.0 Å². The lowest BCUT2D eigenvalue weighted by Gasteiger charge is -2.18. The van der Waals surface area contributed by atoms with Crippen LogP contribution in [-0.4, -0.2) is 12.6 Å². The lowest BCUT2D eigenvalue weighted by Crippen LogP contribution is -2.15. The molecule has 0 amide bonds. The van der Waals surface area contributed by atoms with Crippen molar-refractivity contribution in [1.82, 2.24) is 0 Å². The maximum atomic E-state index is 11.7. The minimum atomic E-state index is 0.0457. The highest BCUT2D eigenvalue weighted by molar-refractivity contribution is 5.69. The number of hydrogen-bond donors (Lipinski definition) is 0. The fourth-order valence-corrected chi connectivity index (χ4v) is 3.39. The third-order valence-corrected chi connectivity index (χ3v) is 4.43. The van der Waals surface area contributed by atoms with Crippen LogP contribution in [0, 0.1) is 17.8 Å². The van der Waals surface area contributed by atoms with Crippen molar-refractivity contribution in [3.63, 3.8) is 0 Å². The summed E-state index contributed by atoms with van der Waals surface area (Å²) in [4.78, 5) is 11.7. The number of cyclic esters (lactones) is 1. The third kappa shape index (κ3) is 4.33. The lowest BCUT2D eigenvalue weighted by molar-refractivity contribution is -0.146. The molecule has 0 N–H and O–H groups in total. The van der Waals surface area contributed by atoms with Gasteiger partial charge < -0.3 is 4.74 Å². The minimum absolute atomic E-state index is 0.0457. The average Bonchev–Trinajstić information content (AvgIpc) is 2.52. The number of fused-ring (bicyclic) bond motifs is 2. The van der Waals surface area contributed by atoms with Gasteiger partial charge in [0.1, 0.15) is 0 Å². The van der Waals surface area contributed by atoms with Gasteiger partial charge in [0.15, 0.2) is 0 Å². The first-order valence-corrected chi connectivity index (χ1v) is 7.39. The number of ether oxygens (including phenoxy) is 1. The van der Waals surface area contributed by atoms with Gasteiger partial charge in [-0.1, -0.05) is 39.0 Å². The number of carbonyl (C=O) groups excluding carboxylic acids is 1. The number of rotatable bonds is 0. The fraction of sp³-hybridized carbons (Fsp3) is 0.933. The predicted octanol–water partition coefficient (Wildman–Crippen LogP) is 3.94. The van der Waals surface area contributed by atoms with Crippen molar-refractivity contribution in [2.75, 3.05) is 6.61 Å². The van der Waals surface area contributed by atoms with Crippen molar-refractivity contribution in [3.8, 4) is 0 Å². The summed E-state index contributed by atoms with van der Waals surface area (Å²) >= 11 is 0. The van der Waals surface area contributed by atoms with Crippen molar-refractivity contribution >= 4 is 5.97 Å². The molecule has 0 aromatic heterocycles. The zero-order chi connectivity index (χ0) is 12.1. The molecule has 1 saturated heterocycles. The van der Waals surface area contributed by atoms with Crippen LogP contribution >= 0.6 is 0 Å². The van der Waals surface area contributed by atoms with Crippen molar-refractivity contribution < 1.29 is 9.53 Å². The lowest BCUT2D eigenvalue weighted by atomic mass is 9.87. The molecular weight excluding hydrogens is 212 g/mol. The first-order chi connectivity index (χ1) is 8.24. The summed E-state index contributed by atoms with van der Waals surface area (Å²) in [5.41, 5.74) is 0. The molecule has 3 atom stereocenters. The van der Waals surface area contributed by atoms with Crippen LogP contribution in [0.3, 0.4) is 0 Å². The SMILES string of the molecule is C[C@@H]1CCC[C@H]2CCCC[C@H](CC(=O)OC1)C2. The Bertz CT molecular complexity index is 249. The number of esters is 1. The van der Waals surface area contributed by atoms with E-state index in [9.17, 15) is 4.79 Å². The van der Waals surface area contributed by atoms with Crippen LogP contribution in [-0.2, 0) is 9.53 Å². The maximum Gasteiger partial charge on any atom is 0.306 e. The van der Waals surface area contributed by atoms with Gasteiger partial charge in [-0.3, -0.25) is 4.79 Å². The molecule has 2 heteroatoms. The summed E-state index contributed by atoms with van der Waals surface area (Å²) in [6, 6.07) is 0. The average molecular weight is 238 g/mol. The summed E-state index contributed by atoms with van der Waals surface area (Å²) in [5, 5.41) is 0. The van der Waals surface area contributed by atoms with Crippen LogP contribution in [0.5, 0.6) is 0 Å². The van der Waals surface area contributed by atoms with Crippen molar-refractivity contribution in [2.45, 2.75) is 64.7 Å². The zero-order valence-corrected chi connectivity index (χ0v) is 11.1. The smallest absolute Gasteiger partial charge is 0.306 e. The molecule has 0 aromatic rings. The van der Waals surface area contributed by atoms with Crippen molar-refractivity contribution in [1.29, 1.82) is 0 Å². The van der Waals surface area contributed by atoms with Gasteiger partial charge in [0.2, 0.25) is 0 Å². The Hall–Kier alpha value is -0.530. The van der Waals surface area contributed by atoms with Gasteiger partial charge >= 0.3 is 5.97 Å². The molecule has 0 unspecified atom stereocenters. The quantitative estimate of drug-likeness (QED) is 0.598. The molecule has 0 spiro atoms. The second-order valence-electron chi connectivity index (χ2n) is 6.18. The first kappa shape index (κ1) is 12.9. The summed E-state index contributed by atoms with van der Waals surface area (Å²) < 4.78 is 5.38. The standard InChI is InChI=1S/C15H26O2/c1-12-5-4-8-13-6-2-3-7-14(9-13)10-15(16)17-11-12/h12-14H,2-11H2,1H3/t12-,13-,14+/m1/s1. The largest absolute Gasteiger partial charge is 0.465 e. The van der Waals surface area contributed by atoms with Gasteiger partial charge in [-0.2, -0.15) is 0 Å². The highest BCUT2D eigenvalue weighted by Gasteiger charge is 2.24. The summed E-state index contributed by atoms with van der Waals surface area (Å²) in [6.07, 6.45) is 11.1. The molecule has 0 aromatic carbocycles. The molecule has 1 heterocycles. The van der Waals surface area contributed by atoms with Gasteiger partial charge in [-0.25, -0.2) is 0 Å². The molecule has 0 radical (unpaired) electrons. The van der Waals surface area contributed by atoms with Gasteiger partial charge in [-0.15, -0.1) is 0 Å². The molecule has 1 aliphatic carbocycles. The Kier molecular flexibility index (Phi) is 4.87. The van der Waals surface area contributed by atoms with Crippen molar-refractivity contribution in [3.05, 3.63) is 0 Å². The van der Waals surface area contributed by atoms with Crippen LogP contribution in [0.1, 0.15) is 64.7 Å². The van der Waals surface area contributed by atoms with Gasteiger partial charge in [0.25, 0.3) is 0 Å². The highest BCUT2D eigenvalue weighted by atomic mass is 16.5. The molecule has 2 fully saturated rings. The molecule has 1 aliphatic heterocycles. The van der Waals surface area contributed by atoms with E-state index < -0.39 is 0 Å². The number of hydrogen-bond acceptors (Lipinski definition) is 2. The van der Waals surface area contributed by atoms with Crippen LogP contribution in [0.25, 0.3) is 0 Å². The van der Waals surface area contributed by atoms with E-state index in [1.165, 1.54) is 51.4 Å². The number of carbonyl (C=O) groups is 1. The molecule has 1 saturated carbocycles. The van der Waals surface area contributed by atoms with Crippen LogP contribution in [0.2, 0.25) is 0 Å². The molecule has 2 rings (SSSR count). The van der Waals surface area contributed by atoms with Crippen LogP contribution < -0.4 is 0 Å². The molecule has 2 nitrogen and oxygen atoms in total. The van der Waals surface area contributed by atoms with E-state index in [1.807, 2.05) is 0 Å². The third-order valence-electron chi connectivity index (χ3n) is 4.43. The van der Waals surface area contributed by atoms with Crippen LogP contribution in [0.15, 0.2) is 0 Å². The van der Waals surface area contributed by atoms with E-state index in [0.29, 0.717) is 24.9 Å². The Morgan fingerprint density at radius 1 is 1.00 bits per heavy atom. The topological polar surface area (TPSA) is 26.3 Å². The highest BCUT2D eigenvalue weighted by Crippen LogP contribution is 2.33. The monoisotopic (exact) mass is 238 g/mol. The Morgan fingerprint density at radius 2 is 1.71 bits per heavy atom. The van der Waals surface area contributed by atoms with Crippen molar-refractivity contribution in [2.24, 2.45) is 17.8 Å². The Balaban J connectivity index is 1.97. The second-order valence-corrected chi connectivity index (χ2v) is 6.18. The van der Waals surface area contributed by atoms with E-state index >= 15 is 0 Å². The first-order valence-electron chi connectivity index (χ1n) is 7.39.